The molecule has 3 fully saturated rings. The molecular formula is C19H36IN5O3S. The highest BCUT2D eigenvalue weighted by Gasteiger charge is 2.40. The number of thioether (sulfide) groups is 1. The molecule has 0 aromatic rings. The Kier molecular flexibility index (Phi) is 10.6. The molecule has 3 aliphatic heterocycles. The van der Waals surface area contributed by atoms with Gasteiger partial charge in [-0.15, -0.1) is 24.0 Å². The van der Waals surface area contributed by atoms with Crippen LogP contribution in [0, 0.1) is 0 Å². The molecule has 0 bridgehead atoms. The van der Waals surface area contributed by atoms with E-state index in [9.17, 15) is 4.79 Å². The Balaban J connectivity index is 0.00000300. The van der Waals surface area contributed by atoms with Crippen molar-refractivity contribution in [2.24, 2.45) is 4.99 Å². The topological polar surface area (TPSA) is 69.6 Å². The average Bonchev–Trinajstić information content (AvgIpc) is 3.22. The van der Waals surface area contributed by atoms with Gasteiger partial charge in [-0.25, -0.2) is 4.79 Å². The number of piperazine rings is 1. The second-order valence-corrected chi connectivity index (χ2v) is 8.57. The summed E-state index contributed by atoms with van der Waals surface area (Å²) in [7, 11) is 0. The molecule has 1 unspecified atom stereocenters. The van der Waals surface area contributed by atoms with Crippen LogP contribution in [-0.4, -0.2) is 116 Å². The summed E-state index contributed by atoms with van der Waals surface area (Å²) in [4.78, 5) is 23.7. The van der Waals surface area contributed by atoms with Crippen molar-refractivity contribution in [1.82, 2.24) is 20.0 Å². The van der Waals surface area contributed by atoms with E-state index in [-0.39, 0.29) is 35.6 Å². The zero-order chi connectivity index (χ0) is 19.8. The predicted octanol–water partition coefficient (Wildman–Crippen LogP) is 1.55. The van der Waals surface area contributed by atoms with Gasteiger partial charge >= 0.3 is 6.09 Å². The molecule has 3 rings (SSSR count). The minimum Gasteiger partial charge on any atom is -0.450 e. The maximum Gasteiger partial charge on any atom is 0.409 e. The Morgan fingerprint density at radius 2 is 1.83 bits per heavy atom. The van der Waals surface area contributed by atoms with Crippen LogP contribution in [0.4, 0.5) is 4.79 Å². The van der Waals surface area contributed by atoms with Crippen molar-refractivity contribution >= 4 is 47.8 Å². The van der Waals surface area contributed by atoms with Crippen molar-refractivity contribution in [3.63, 3.8) is 0 Å². The number of morpholine rings is 1. The van der Waals surface area contributed by atoms with Gasteiger partial charge in [-0.1, -0.05) is 0 Å². The van der Waals surface area contributed by atoms with Crippen LogP contribution in [0.1, 0.15) is 20.3 Å². The lowest BCUT2D eigenvalue weighted by molar-refractivity contribution is -0.0105. The monoisotopic (exact) mass is 541 g/mol. The molecule has 0 radical (unpaired) electrons. The minimum absolute atomic E-state index is 0. The van der Waals surface area contributed by atoms with E-state index >= 15 is 0 Å². The first-order valence-electron chi connectivity index (χ1n) is 10.5. The highest BCUT2D eigenvalue weighted by molar-refractivity contribution is 14.0. The molecule has 3 aliphatic rings. The number of rotatable bonds is 5. The van der Waals surface area contributed by atoms with Crippen molar-refractivity contribution in [3.8, 4) is 0 Å². The molecule has 1 atom stereocenters. The summed E-state index contributed by atoms with van der Waals surface area (Å²) in [6.07, 6.45) is 0.982. The number of hydrogen-bond acceptors (Lipinski definition) is 6. The Morgan fingerprint density at radius 1 is 1.14 bits per heavy atom. The quantitative estimate of drug-likeness (QED) is 0.322. The van der Waals surface area contributed by atoms with Crippen LogP contribution < -0.4 is 5.32 Å². The van der Waals surface area contributed by atoms with Crippen molar-refractivity contribution in [2.75, 3.05) is 83.7 Å². The number of nitrogens with one attached hydrogen (secondary N) is 1. The normalized spacial score (nSPS) is 26.2. The largest absolute Gasteiger partial charge is 0.450 e. The Morgan fingerprint density at radius 3 is 2.41 bits per heavy atom. The third kappa shape index (κ3) is 6.51. The van der Waals surface area contributed by atoms with Gasteiger partial charge in [0, 0.05) is 51.6 Å². The molecule has 0 aromatic carbocycles. The fourth-order valence-electron chi connectivity index (χ4n) is 4.07. The van der Waals surface area contributed by atoms with Gasteiger partial charge in [0.05, 0.1) is 31.9 Å². The zero-order valence-corrected chi connectivity index (χ0v) is 20.9. The number of carbonyl (C=O) groups is 1. The van der Waals surface area contributed by atoms with Gasteiger partial charge in [0.15, 0.2) is 5.96 Å². The van der Waals surface area contributed by atoms with Gasteiger partial charge in [0.25, 0.3) is 0 Å². The van der Waals surface area contributed by atoms with Crippen molar-refractivity contribution in [2.45, 2.75) is 25.8 Å². The second-order valence-electron chi connectivity index (χ2n) is 7.47. The molecule has 0 spiro atoms. The summed E-state index contributed by atoms with van der Waals surface area (Å²) >= 11 is 2.04. The lowest BCUT2D eigenvalue weighted by Crippen LogP contribution is -2.57. The number of amides is 1. The molecule has 3 saturated heterocycles. The van der Waals surface area contributed by atoms with E-state index in [1.54, 1.807) is 4.90 Å². The molecule has 3 heterocycles. The molecular weight excluding hydrogens is 505 g/mol. The predicted molar refractivity (Wildman–Crippen MR) is 129 cm³/mol. The fourth-order valence-corrected chi connectivity index (χ4v) is 5.54. The van der Waals surface area contributed by atoms with Crippen molar-refractivity contribution in [3.05, 3.63) is 0 Å². The fraction of sp³-hybridized carbons (Fsp3) is 0.895. The minimum atomic E-state index is -0.210. The molecule has 8 nitrogen and oxygen atoms in total. The molecule has 0 aromatic heterocycles. The van der Waals surface area contributed by atoms with Crippen LogP contribution in [0.15, 0.2) is 4.99 Å². The molecule has 1 amide bonds. The molecule has 10 heteroatoms. The molecule has 0 saturated carbocycles. The zero-order valence-electron chi connectivity index (χ0n) is 17.7. The molecule has 0 aliphatic carbocycles. The SMILES string of the molecule is CCNC(=NCC1(N2CCOCC2)CCSC1)N1CCN(C(=O)OCC)CC1.I. The average molecular weight is 542 g/mol. The van der Waals surface area contributed by atoms with Crippen LogP contribution >= 0.6 is 35.7 Å². The van der Waals surface area contributed by atoms with E-state index in [2.05, 4.69) is 22.0 Å². The summed E-state index contributed by atoms with van der Waals surface area (Å²) in [5.74, 6) is 3.32. The van der Waals surface area contributed by atoms with Crippen molar-refractivity contribution < 1.29 is 14.3 Å². The first-order chi connectivity index (χ1) is 13.7. The van der Waals surface area contributed by atoms with Crippen LogP contribution in [0.25, 0.3) is 0 Å². The number of hydrogen-bond donors (Lipinski definition) is 1. The Labute approximate surface area is 196 Å². The van der Waals surface area contributed by atoms with E-state index < -0.39 is 0 Å². The third-order valence-electron chi connectivity index (χ3n) is 5.73. The van der Waals surface area contributed by atoms with Crippen molar-refractivity contribution in [1.29, 1.82) is 0 Å². The van der Waals surface area contributed by atoms with Gasteiger partial charge in [0.2, 0.25) is 0 Å². The van der Waals surface area contributed by atoms with Crippen LogP contribution in [0.3, 0.4) is 0 Å². The number of nitrogens with zero attached hydrogens (tertiary/aromatic N) is 4. The standard InChI is InChI=1S/C19H35N5O3S.HI/c1-3-20-17(22-6-8-23(9-7-22)18(25)27-4-2)21-15-19(5-14-28-16-19)24-10-12-26-13-11-24;/h3-16H2,1-2H3,(H,20,21);1H. The Bertz CT molecular complexity index is 534. The van der Waals surface area contributed by atoms with Gasteiger partial charge in [-0.05, 0) is 26.0 Å². The summed E-state index contributed by atoms with van der Waals surface area (Å²) in [6.45, 7) is 12.6. The van der Waals surface area contributed by atoms with Crippen LogP contribution in [-0.2, 0) is 9.47 Å². The first-order valence-corrected chi connectivity index (χ1v) is 11.7. The van der Waals surface area contributed by atoms with E-state index in [1.807, 2.05) is 18.7 Å². The van der Waals surface area contributed by atoms with Crippen LogP contribution in [0.5, 0.6) is 0 Å². The van der Waals surface area contributed by atoms with Gasteiger partial charge in [-0.2, -0.15) is 11.8 Å². The van der Waals surface area contributed by atoms with E-state index in [0.29, 0.717) is 19.7 Å². The second kappa shape index (κ2) is 12.4. The summed E-state index contributed by atoms with van der Waals surface area (Å²) in [5, 5.41) is 3.46. The molecule has 168 valence electrons. The highest BCUT2D eigenvalue weighted by atomic mass is 127. The third-order valence-corrected chi connectivity index (χ3v) is 6.96. The summed E-state index contributed by atoms with van der Waals surface area (Å²) in [6, 6.07) is 0. The lowest BCUT2D eigenvalue weighted by atomic mass is 9.96. The first kappa shape index (κ1) is 24.8. The number of guanidine groups is 1. The maximum atomic E-state index is 11.9. The summed E-state index contributed by atoms with van der Waals surface area (Å²) < 4.78 is 10.7. The van der Waals surface area contributed by atoms with E-state index in [0.717, 1.165) is 64.2 Å². The molecule has 1 N–H and O–H groups in total. The number of aliphatic imine (C=N–C) groups is 1. The summed E-state index contributed by atoms with van der Waals surface area (Å²) in [5.41, 5.74) is 0.155. The number of halogens is 1. The van der Waals surface area contributed by atoms with E-state index in [4.69, 9.17) is 14.5 Å². The highest BCUT2D eigenvalue weighted by Crippen LogP contribution is 2.34. The molecule has 29 heavy (non-hydrogen) atoms. The van der Waals surface area contributed by atoms with Gasteiger partial charge in [-0.3, -0.25) is 9.89 Å². The van der Waals surface area contributed by atoms with Gasteiger partial charge in [0.1, 0.15) is 0 Å². The smallest absolute Gasteiger partial charge is 0.409 e. The van der Waals surface area contributed by atoms with E-state index in [1.165, 1.54) is 12.2 Å². The Hall–Kier alpha value is -0.460. The number of carbonyl (C=O) groups excluding carboxylic acids is 1. The number of ether oxygens (including phenoxy) is 2. The maximum absolute atomic E-state index is 11.9. The van der Waals surface area contributed by atoms with Crippen LogP contribution in [0.2, 0.25) is 0 Å². The van der Waals surface area contributed by atoms with Gasteiger partial charge < -0.3 is 24.6 Å². The lowest BCUT2D eigenvalue weighted by Gasteiger charge is -2.42.